The van der Waals surface area contributed by atoms with Crippen LogP contribution in [0.1, 0.15) is 57.8 Å². The molecule has 1 fully saturated rings. The molecule has 1 aliphatic rings. The van der Waals surface area contributed by atoms with Crippen molar-refractivity contribution in [2.24, 2.45) is 5.92 Å². The molecule has 0 unspecified atom stereocenters. The second kappa shape index (κ2) is 16.9. The molecule has 2 heterocycles. The van der Waals surface area contributed by atoms with Crippen LogP contribution in [0.3, 0.4) is 0 Å². The molecule has 11 heteroatoms. The smallest absolute Gasteiger partial charge is 0.236 e. The van der Waals surface area contributed by atoms with Crippen molar-refractivity contribution in [1.29, 1.82) is 0 Å². The van der Waals surface area contributed by atoms with Gasteiger partial charge in [-0.15, -0.1) is 0 Å². The van der Waals surface area contributed by atoms with Gasteiger partial charge in [-0.2, -0.15) is 5.10 Å². The zero-order valence-corrected chi connectivity index (χ0v) is 24.8. The van der Waals surface area contributed by atoms with Crippen molar-refractivity contribution in [1.82, 2.24) is 24.9 Å². The minimum Gasteiger partial charge on any atom is -0.388 e. The Labute approximate surface area is 233 Å². The molecule has 0 radical (unpaired) electrons. The van der Waals surface area contributed by atoms with E-state index in [0.29, 0.717) is 38.6 Å². The highest BCUT2D eigenvalue weighted by molar-refractivity contribution is 5.79. The van der Waals surface area contributed by atoms with Crippen molar-refractivity contribution >= 4 is 11.8 Å². The fraction of sp³-hybridized carbons (Fsp3) is 0.821. The first-order valence-corrected chi connectivity index (χ1v) is 14.3. The highest BCUT2D eigenvalue weighted by Crippen LogP contribution is 2.17. The molecule has 1 aliphatic heterocycles. The van der Waals surface area contributed by atoms with Crippen LogP contribution in [0.25, 0.3) is 0 Å². The van der Waals surface area contributed by atoms with E-state index in [0.717, 1.165) is 37.2 Å². The van der Waals surface area contributed by atoms with Crippen LogP contribution in [0.15, 0.2) is 6.07 Å². The van der Waals surface area contributed by atoms with Gasteiger partial charge in [0, 0.05) is 58.6 Å². The molecule has 224 valence electrons. The fourth-order valence-electron chi connectivity index (χ4n) is 5.07. The largest absolute Gasteiger partial charge is 0.388 e. The van der Waals surface area contributed by atoms with Gasteiger partial charge in [-0.1, -0.05) is 13.8 Å². The maximum atomic E-state index is 13.5. The Bertz CT molecular complexity index is 879. The molecule has 2 rings (SSSR count). The third-order valence-corrected chi connectivity index (χ3v) is 7.19. The van der Waals surface area contributed by atoms with Gasteiger partial charge < -0.3 is 34.8 Å². The molecule has 0 spiro atoms. The molecule has 1 saturated heterocycles. The van der Waals surface area contributed by atoms with Crippen LogP contribution in [-0.4, -0.2) is 119 Å². The number of amides is 2. The number of aryl methyl sites for hydroxylation is 3. The van der Waals surface area contributed by atoms with Crippen LogP contribution < -0.4 is 5.32 Å². The van der Waals surface area contributed by atoms with Gasteiger partial charge in [0.2, 0.25) is 11.8 Å². The molecule has 4 atom stereocenters. The predicted molar refractivity (Wildman–Crippen MR) is 149 cm³/mol. The highest BCUT2D eigenvalue weighted by atomic mass is 16.5. The SMILES string of the molecule is CO[C@@H]1CN(C(C)=O)C[C@H](CC(C)C)N(C(=O)CNCCCn2nc(C)cc2C)CCCCOC[C@@H](O)[C@H]1O. The molecule has 1 aromatic heterocycles. The van der Waals surface area contributed by atoms with Crippen LogP contribution in [0.4, 0.5) is 0 Å². The Morgan fingerprint density at radius 1 is 1.23 bits per heavy atom. The quantitative estimate of drug-likeness (QED) is 0.388. The average molecular weight is 554 g/mol. The number of aromatic nitrogens is 2. The molecule has 0 bridgehead atoms. The van der Waals surface area contributed by atoms with E-state index in [1.165, 1.54) is 14.0 Å². The van der Waals surface area contributed by atoms with Gasteiger partial charge in [-0.05, 0) is 58.1 Å². The summed E-state index contributed by atoms with van der Waals surface area (Å²) in [6.45, 7) is 12.8. The number of rotatable bonds is 9. The average Bonchev–Trinajstić information content (AvgIpc) is 3.20. The summed E-state index contributed by atoms with van der Waals surface area (Å²) in [4.78, 5) is 29.7. The Hall–Kier alpha value is -2.05. The molecular weight excluding hydrogens is 502 g/mol. The minimum atomic E-state index is -1.21. The van der Waals surface area contributed by atoms with Crippen molar-refractivity contribution < 1.29 is 29.3 Å². The van der Waals surface area contributed by atoms with Crippen LogP contribution in [-0.2, 0) is 25.6 Å². The summed E-state index contributed by atoms with van der Waals surface area (Å²) in [7, 11) is 1.45. The lowest BCUT2D eigenvalue weighted by molar-refractivity contribution is -0.142. The van der Waals surface area contributed by atoms with Gasteiger partial charge in [0.05, 0.1) is 18.8 Å². The third kappa shape index (κ3) is 11.2. The van der Waals surface area contributed by atoms with E-state index in [1.54, 1.807) is 4.90 Å². The van der Waals surface area contributed by atoms with E-state index < -0.39 is 18.3 Å². The van der Waals surface area contributed by atoms with Crippen molar-refractivity contribution in [3.63, 3.8) is 0 Å². The molecule has 11 nitrogen and oxygen atoms in total. The zero-order chi connectivity index (χ0) is 28.9. The number of carbonyl (C=O) groups excluding carboxylic acids is 2. The normalized spacial score (nSPS) is 24.1. The third-order valence-electron chi connectivity index (χ3n) is 7.19. The monoisotopic (exact) mass is 553 g/mol. The number of aliphatic hydroxyl groups excluding tert-OH is 2. The van der Waals surface area contributed by atoms with E-state index >= 15 is 0 Å². The fourth-order valence-corrected chi connectivity index (χ4v) is 5.07. The van der Waals surface area contributed by atoms with Crippen LogP contribution in [0, 0.1) is 19.8 Å². The number of nitrogens with zero attached hydrogens (tertiary/aromatic N) is 4. The molecule has 3 N–H and O–H groups in total. The van der Waals surface area contributed by atoms with Gasteiger partial charge in [0.15, 0.2) is 0 Å². The first-order valence-electron chi connectivity index (χ1n) is 14.3. The molecule has 39 heavy (non-hydrogen) atoms. The van der Waals surface area contributed by atoms with Crippen molar-refractivity contribution in [3.8, 4) is 0 Å². The van der Waals surface area contributed by atoms with Crippen molar-refractivity contribution in [2.45, 2.75) is 91.2 Å². The predicted octanol–water partition coefficient (Wildman–Crippen LogP) is 1.12. The number of ether oxygens (including phenoxy) is 2. The number of methoxy groups -OCH3 is 1. The maximum Gasteiger partial charge on any atom is 0.236 e. The Morgan fingerprint density at radius 2 is 1.97 bits per heavy atom. The molecular formula is C28H51N5O6. The summed E-state index contributed by atoms with van der Waals surface area (Å²) >= 11 is 0. The Kier molecular flexibility index (Phi) is 14.4. The van der Waals surface area contributed by atoms with Crippen LogP contribution in [0.5, 0.6) is 0 Å². The lowest BCUT2D eigenvalue weighted by Crippen LogP contribution is -2.54. The van der Waals surface area contributed by atoms with Gasteiger partial charge in [0.25, 0.3) is 0 Å². The number of hydrogen-bond acceptors (Lipinski definition) is 8. The van der Waals surface area contributed by atoms with E-state index in [4.69, 9.17) is 9.47 Å². The lowest BCUT2D eigenvalue weighted by Gasteiger charge is -2.38. The van der Waals surface area contributed by atoms with Crippen molar-refractivity contribution in [2.75, 3.05) is 53.0 Å². The number of hydrogen-bond donors (Lipinski definition) is 3. The summed E-state index contributed by atoms with van der Waals surface area (Å²) < 4.78 is 13.0. The summed E-state index contributed by atoms with van der Waals surface area (Å²) in [5.41, 5.74) is 2.13. The second-order valence-electron chi connectivity index (χ2n) is 11.1. The molecule has 0 saturated carbocycles. The number of nitrogens with one attached hydrogen (secondary N) is 1. The molecule has 1 aromatic rings. The first kappa shape index (κ1) is 33.2. The van der Waals surface area contributed by atoms with Crippen LogP contribution >= 0.6 is 0 Å². The van der Waals surface area contributed by atoms with Crippen molar-refractivity contribution in [3.05, 3.63) is 17.5 Å². The topological polar surface area (TPSA) is 129 Å². The summed E-state index contributed by atoms with van der Waals surface area (Å²) in [6, 6.07) is 1.86. The van der Waals surface area contributed by atoms with E-state index in [1.807, 2.05) is 23.4 Å². The Morgan fingerprint density at radius 3 is 2.59 bits per heavy atom. The van der Waals surface area contributed by atoms with E-state index in [9.17, 15) is 19.8 Å². The van der Waals surface area contributed by atoms with Gasteiger partial charge in [0.1, 0.15) is 18.3 Å². The molecule has 0 aliphatic carbocycles. The first-order chi connectivity index (χ1) is 18.5. The zero-order valence-electron chi connectivity index (χ0n) is 24.8. The van der Waals surface area contributed by atoms with Crippen LogP contribution in [0.2, 0.25) is 0 Å². The number of aliphatic hydroxyl groups is 2. The Balaban J connectivity index is 2.12. The molecule has 2 amide bonds. The standard InChI is InChI=1S/C28H51N5O6/c1-20(2)14-24-17-31(23(5)34)18-26(38-6)28(37)25(35)19-39-13-8-7-11-32(24)27(36)16-29-10-9-12-33-22(4)15-21(3)30-33/h15,20,24-26,28-29,35,37H,7-14,16-19H2,1-6H3/t24-,25+,26+,28+/m0/s1. The lowest BCUT2D eigenvalue weighted by atomic mass is 10.00. The molecule has 0 aromatic carbocycles. The summed E-state index contributed by atoms with van der Waals surface area (Å²) in [5.74, 6) is 0.133. The van der Waals surface area contributed by atoms with Gasteiger partial charge >= 0.3 is 0 Å². The van der Waals surface area contributed by atoms with Gasteiger partial charge in [-0.3, -0.25) is 14.3 Å². The van der Waals surface area contributed by atoms with E-state index in [-0.39, 0.29) is 37.6 Å². The number of carbonyl (C=O) groups is 2. The second-order valence-corrected chi connectivity index (χ2v) is 11.1. The van der Waals surface area contributed by atoms with E-state index in [2.05, 4.69) is 30.3 Å². The summed E-state index contributed by atoms with van der Waals surface area (Å²) in [5, 5.41) is 28.8. The summed E-state index contributed by atoms with van der Waals surface area (Å²) in [6.07, 6.45) is -0.0929. The minimum absolute atomic E-state index is 0.00188. The highest BCUT2D eigenvalue weighted by Gasteiger charge is 2.32. The maximum absolute atomic E-state index is 13.5. The van der Waals surface area contributed by atoms with Gasteiger partial charge in [-0.25, -0.2) is 0 Å².